The number of cyclic esters (lactones) is 3. The first kappa shape index (κ1) is 143. The Bertz CT molecular complexity index is 2370. The molecule has 0 aromatic carbocycles. The third-order valence-electron chi connectivity index (χ3n) is 11.7. The molecule has 6 heterocycles. The number of β-amino-alcohol motifs (C(OH)–C–C–N with tert-alkyl or cyclic N) is 1. The highest BCUT2D eigenvalue weighted by Gasteiger charge is 2.22. The summed E-state index contributed by atoms with van der Waals surface area (Å²) in [6.07, 6.45) is -10.1. The number of urea groups is 4. The Morgan fingerprint density at radius 1 is 0.380 bits per heavy atom. The second-order valence-corrected chi connectivity index (χ2v) is 22.5. The highest BCUT2D eigenvalue weighted by molar-refractivity contribution is 5.77. The van der Waals surface area contributed by atoms with Gasteiger partial charge in [0.15, 0.2) is 0 Å². The van der Waals surface area contributed by atoms with Gasteiger partial charge in [0, 0.05) is 209 Å². The van der Waals surface area contributed by atoms with Crippen molar-refractivity contribution in [3.05, 3.63) is 0 Å². The van der Waals surface area contributed by atoms with Crippen LogP contribution in [0.15, 0.2) is 0 Å². The maximum atomic E-state index is 10.9. The Hall–Kier alpha value is -11.6. The molecule has 0 aromatic heterocycles. The van der Waals surface area contributed by atoms with Crippen molar-refractivity contribution in [1.29, 1.82) is 0 Å². The van der Waals surface area contributed by atoms with Crippen molar-refractivity contribution < 1.29 is 175 Å². The average molecular weight is 1900 g/mol. The first-order valence-electron chi connectivity index (χ1n) is 39.8. The van der Waals surface area contributed by atoms with Crippen LogP contribution in [0.2, 0.25) is 0 Å². The molecule has 129 heavy (non-hydrogen) atoms. The van der Waals surface area contributed by atoms with Crippen molar-refractivity contribution >= 4 is 91.2 Å². The Labute approximate surface area is 748 Å². The number of amides is 15. The van der Waals surface area contributed by atoms with Gasteiger partial charge < -0.3 is 295 Å². The molecular weight excluding hydrogens is 1740 g/mol. The molecule has 0 unspecified atom stereocenters. The zero-order valence-corrected chi connectivity index (χ0v) is 73.9. The number of alkyl carbamates (subject to hydrolysis) is 2. The number of aliphatic hydroxyl groups excluding tert-OH is 1. The van der Waals surface area contributed by atoms with Gasteiger partial charge in [-0.25, -0.2) is 43.2 Å². The van der Waals surface area contributed by atoms with Crippen LogP contribution in [0.4, 0.5) is 67.1 Å². The minimum absolute atomic E-state index is 0.0143. The van der Waals surface area contributed by atoms with E-state index in [0.717, 1.165) is 72.0 Å². The zero-order valence-electron chi connectivity index (χ0n) is 73.9. The van der Waals surface area contributed by atoms with E-state index >= 15 is 0 Å². The van der Waals surface area contributed by atoms with E-state index < -0.39 is 48.8 Å². The highest BCUT2D eigenvalue weighted by atomic mass is 16.7. The van der Waals surface area contributed by atoms with Crippen LogP contribution in [0.1, 0.15) is 12.8 Å². The Morgan fingerprint density at radius 2 is 0.736 bits per heavy atom. The van der Waals surface area contributed by atoms with Gasteiger partial charge in [0.2, 0.25) is 6.16 Å². The van der Waals surface area contributed by atoms with Gasteiger partial charge in [-0.05, 0) is 19.0 Å². The van der Waals surface area contributed by atoms with Crippen LogP contribution >= 0.6 is 0 Å². The number of rotatable bonds is 35. The molecule has 6 aliphatic heterocycles. The summed E-state index contributed by atoms with van der Waals surface area (Å²) in [5.74, 6) is -1.18. The van der Waals surface area contributed by atoms with Crippen molar-refractivity contribution in [2.75, 3.05) is 308 Å². The number of aliphatic hydroxyl groups is 1. The number of nitrogens with two attached hydrogens (primary N) is 14. The fraction of sp³-hybridized carbons (Fsp3) is 0.766. The van der Waals surface area contributed by atoms with Crippen LogP contribution in [-0.2, 0) is 33.2 Å². The standard InChI is InChI=1S/C7H15N3O2.C5H14N4O.C5H13N3O2.C5H11N3O.C5H12N2O3.2C5H10N2O2.C5H9NO4.2C3H8N2O2.C3H6N2O.C3H5NO2.4C2H8N2.2CH2O3/c8-1-2-9-3-4-10-5-6-12-7(10)11;6-1-3-8-5(10)9-4-2-7;6-1-3-8-5(9)10-4-2-7;6-1-3-8-4-2-7-5(8)9;6-1-3-9-5(8)10-4-2-7;6-1-2-7-3-4-9-5(7)8;8-4-3-7-2-1-6-5(7)9;7-4(8)2-1-3-6-5(9)10;2*4-1-2-5-3(6)7;6-3-4-1-2-5-3;5-3-4-1-2-6-3;4*3-1-2-4;2*2-1(3)4/h9H,1-6,8H2;1-4,6-7H2,(H2,8,9,10);1-4,6-7H2,(H,8,9);1-4,6H2,(H,7,9);1-4,6-7H2;1-4,6H2;8H,1-4H2,(H,6,9);6H,1-3H2,(H,7,8)(H,9,10);2*5H,1-2,4H2,(H,6,7);1-2H2,(H2,4,5,6);1-2H2,(H,4,5);4*1-4H2;2*(H2,2,3,4)/p-2. The van der Waals surface area contributed by atoms with E-state index in [1.165, 1.54) is 0 Å². The van der Waals surface area contributed by atoms with Crippen molar-refractivity contribution in [2.24, 2.45) is 80.3 Å². The number of hydrogen-bond acceptors (Lipinski definition) is 44. The fourth-order valence-corrected chi connectivity index (χ4v) is 6.27. The monoisotopic (exact) mass is 1890 g/mol. The molecule has 57 N–H and O–H groups in total. The lowest BCUT2D eigenvalue weighted by Gasteiger charge is -2.12. The van der Waals surface area contributed by atoms with Crippen LogP contribution in [0.3, 0.4) is 0 Å². The molecule has 6 aliphatic rings. The third-order valence-corrected chi connectivity index (χ3v) is 11.7. The molecular formula is C64H155N35O30-2. The zero-order chi connectivity index (χ0) is 101. The van der Waals surface area contributed by atoms with Gasteiger partial charge in [0.25, 0.3) is 0 Å². The van der Waals surface area contributed by atoms with Crippen LogP contribution in [0.25, 0.3) is 0 Å². The van der Waals surface area contributed by atoms with E-state index in [9.17, 15) is 82.8 Å². The van der Waals surface area contributed by atoms with E-state index in [4.69, 9.17) is 120 Å². The Kier molecular flexibility index (Phi) is 136. The summed E-state index contributed by atoms with van der Waals surface area (Å²) >= 11 is 0. The molecule has 0 radical (unpaired) electrons. The third kappa shape index (κ3) is 151. The SMILES string of the molecule is NCCN1CCNC1=O.NCCN1CCOC1=O.NCCNC(=O)NCCN.NCCNC(=O)OCCN.NCCNC(=O)[O-].NCCNCCN1CCOC1=O.NCCOC(=O)OCCN.NCC[NH3+].NCC[NH3+].NCC[NH3+].NCC[NH3+].O=C([O-])CCCNC(=O)[O-].O=C([O-])O.O=C([O-])[O-].O=C1NCCN1.O=C1NCCN1CCO.O=C1NCCO1.[NH3+]CCNC(=O)[O-]. The molecule has 15 amide bonds. The molecule has 6 saturated heterocycles. The second-order valence-electron chi connectivity index (χ2n) is 22.5. The predicted octanol–water partition coefficient (Wildman–Crippen LogP) is -27.0. The summed E-state index contributed by atoms with van der Waals surface area (Å²) in [6.45, 7) is 26.1. The van der Waals surface area contributed by atoms with Gasteiger partial charge in [0.05, 0.1) is 65.5 Å². The van der Waals surface area contributed by atoms with Crippen molar-refractivity contribution in [3.63, 3.8) is 0 Å². The fourth-order valence-electron chi connectivity index (χ4n) is 6.27. The summed E-state index contributed by atoms with van der Waals surface area (Å²) in [4.78, 5) is 156. The van der Waals surface area contributed by atoms with Crippen LogP contribution in [0, 0.1) is 0 Å². The molecule has 0 aliphatic carbocycles. The number of carbonyl (C=O) groups is 15. The van der Waals surface area contributed by atoms with Crippen LogP contribution in [-0.4, -0.2) is 429 Å². The Morgan fingerprint density at radius 3 is 1.00 bits per heavy atom. The number of quaternary nitrogens is 5. The maximum Gasteiger partial charge on any atom is 0.508 e. The lowest BCUT2D eigenvalue weighted by molar-refractivity contribution is -0.415. The maximum absolute atomic E-state index is 10.9. The molecule has 768 valence electrons. The molecule has 0 aromatic rings. The van der Waals surface area contributed by atoms with Gasteiger partial charge in [0.1, 0.15) is 57.9 Å². The molecule has 0 saturated carbocycles. The molecule has 6 rings (SSSR count). The summed E-state index contributed by atoms with van der Waals surface area (Å²) in [6, 6.07) is -0.310. The summed E-state index contributed by atoms with van der Waals surface area (Å²) in [5, 5.41) is 108. The minimum atomic E-state index is -2.33. The van der Waals surface area contributed by atoms with Crippen LogP contribution < -0.4 is 208 Å². The summed E-state index contributed by atoms with van der Waals surface area (Å²) in [5.41, 5.74) is 88.4. The van der Waals surface area contributed by atoms with E-state index in [2.05, 4.69) is 100 Å². The number of hydrogen-bond donors (Lipinski definition) is 33. The number of carbonyl (C=O) groups excluding carboxylic acids is 14. The molecule has 65 nitrogen and oxygen atoms in total. The topological polar surface area (TPSA) is 1170 Å². The highest BCUT2D eigenvalue weighted by Crippen LogP contribution is 2.02. The lowest BCUT2D eigenvalue weighted by Crippen LogP contribution is -2.56. The summed E-state index contributed by atoms with van der Waals surface area (Å²) < 4.78 is 27.3. The lowest BCUT2D eigenvalue weighted by atomic mass is 10.3. The van der Waals surface area contributed by atoms with Crippen molar-refractivity contribution in [2.45, 2.75) is 12.8 Å². The van der Waals surface area contributed by atoms with Gasteiger partial charge in [-0.3, -0.25) is 0 Å². The van der Waals surface area contributed by atoms with Crippen molar-refractivity contribution in [3.8, 4) is 0 Å². The van der Waals surface area contributed by atoms with Crippen LogP contribution in [0.5, 0.6) is 0 Å². The quantitative estimate of drug-likeness (QED) is 0.0159. The minimum Gasteiger partial charge on any atom is -0.652 e. The number of ether oxygens (including phenoxy) is 6. The van der Waals surface area contributed by atoms with E-state index in [1.54, 1.807) is 19.6 Å². The first-order chi connectivity index (χ1) is 61.4. The van der Waals surface area contributed by atoms with Gasteiger partial charge in [-0.15, -0.1) is 0 Å². The molecule has 0 atom stereocenters. The molecule has 0 bridgehead atoms. The average Bonchev–Trinajstić information content (AvgIpc) is 1.80. The smallest absolute Gasteiger partial charge is 0.508 e. The second kappa shape index (κ2) is 123. The number of carboxylic acid groups (broad SMARTS) is 8. The van der Waals surface area contributed by atoms with E-state index in [-0.39, 0.29) is 94.8 Å². The van der Waals surface area contributed by atoms with Gasteiger partial charge in [-0.1, -0.05) is 0 Å². The summed E-state index contributed by atoms with van der Waals surface area (Å²) in [7, 11) is 0. The predicted molar refractivity (Wildman–Crippen MR) is 448 cm³/mol. The normalized spacial score (nSPS) is 12.2. The number of aliphatic carboxylic acids is 1. The van der Waals surface area contributed by atoms with E-state index in [1.807, 2.05) is 16.0 Å². The molecule has 65 heteroatoms. The van der Waals surface area contributed by atoms with E-state index in [0.29, 0.717) is 197 Å². The number of carboxylic acids is 1. The molecule has 6 fully saturated rings. The first-order valence-corrected chi connectivity index (χ1v) is 39.8. The number of nitrogens with one attached hydrogen (secondary N) is 12. The number of nitrogens with zero attached hydrogens (tertiary/aromatic N) is 4. The van der Waals surface area contributed by atoms with Gasteiger partial charge in [-0.2, -0.15) is 0 Å². The largest absolute Gasteiger partial charge is 0.652 e. The van der Waals surface area contributed by atoms with Gasteiger partial charge >= 0.3 is 54.7 Å². The molecule has 0 spiro atoms. The Balaban J connectivity index is -0.000000113. The van der Waals surface area contributed by atoms with Crippen molar-refractivity contribution in [1.82, 2.24) is 83.4 Å².